The van der Waals surface area contributed by atoms with Gasteiger partial charge in [-0.25, -0.2) is 8.78 Å². The third-order valence-electron chi connectivity index (χ3n) is 2.50. The number of nitrogens with zero attached hydrogens (tertiary/aromatic N) is 2. The molecule has 0 N–H and O–H groups in total. The van der Waals surface area contributed by atoms with Gasteiger partial charge in [0.1, 0.15) is 12.8 Å². The van der Waals surface area contributed by atoms with Gasteiger partial charge in [0, 0.05) is 11.1 Å². The molecule has 0 bridgehead atoms. The van der Waals surface area contributed by atoms with Gasteiger partial charge in [-0.15, -0.1) is 0 Å². The summed E-state index contributed by atoms with van der Waals surface area (Å²) in [5.74, 6) is -1.87. The van der Waals surface area contributed by atoms with Crippen LogP contribution in [-0.4, -0.2) is 6.21 Å². The van der Waals surface area contributed by atoms with Crippen LogP contribution < -0.4 is 0 Å². The van der Waals surface area contributed by atoms with E-state index in [1.54, 1.807) is 24.3 Å². The van der Waals surface area contributed by atoms with Gasteiger partial charge < -0.3 is 4.84 Å². The van der Waals surface area contributed by atoms with E-state index in [1.165, 1.54) is 12.1 Å². The van der Waals surface area contributed by atoms with Crippen molar-refractivity contribution in [2.75, 3.05) is 0 Å². The van der Waals surface area contributed by atoms with Crippen molar-refractivity contribution < 1.29 is 13.6 Å². The normalized spacial score (nSPS) is 10.4. The van der Waals surface area contributed by atoms with Crippen molar-refractivity contribution in [1.29, 1.82) is 5.26 Å². The average Bonchev–Trinajstić information content (AvgIpc) is 2.48. The van der Waals surface area contributed by atoms with Crippen LogP contribution in [0.15, 0.2) is 47.6 Å². The largest absolute Gasteiger partial charge is 0.390 e. The fourth-order valence-electron chi connectivity index (χ4n) is 1.47. The lowest BCUT2D eigenvalue weighted by Crippen LogP contribution is -1.95. The van der Waals surface area contributed by atoms with Gasteiger partial charge in [0.2, 0.25) is 0 Å². The SMILES string of the molecule is N#Cc1ccc(/[C]=N\OCc2cccc(F)c2F)cc1. The Balaban J connectivity index is 1.93. The second-order valence-electron chi connectivity index (χ2n) is 3.88. The predicted octanol–water partition coefficient (Wildman–Crippen LogP) is 3.26. The number of benzene rings is 2. The molecular formula is C15H9F2N2O. The third-order valence-corrected chi connectivity index (χ3v) is 2.50. The van der Waals surface area contributed by atoms with Crippen LogP contribution in [0.5, 0.6) is 0 Å². The zero-order valence-corrected chi connectivity index (χ0v) is 10.3. The highest BCUT2D eigenvalue weighted by Crippen LogP contribution is 2.12. The first kappa shape index (κ1) is 13.7. The molecule has 20 heavy (non-hydrogen) atoms. The molecule has 2 aromatic rings. The van der Waals surface area contributed by atoms with E-state index < -0.39 is 11.6 Å². The summed E-state index contributed by atoms with van der Waals surface area (Å²) >= 11 is 0. The molecule has 0 heterocycles. The monoisotopic (exact) mass is 271 g/mol. The molecule has 0 saturated heterocycles. The zero-order valence-electron chi connectivity index (χ0n) is 10.3. The molecule has 0 amide bonds. The molecule has 0 aliphatic rings. The maximum Gasteiger partial charge on any atom is 0.165 e. The number of nitriles is 1. The van der Waals surface area contributed by atoms with E-state index in [2.05, 4.69) is 11.4 Å². The highest BCUT2D eigenvalue weighted by Gasteiger charge is 2.07. The molecule has 0 atom stereocenters. The molecule has 2 rings (SSSR count). The maximum atomic E-state index is 13.3. The van der Waals surface area contributed by atoms with E-state index in [4.69, 9.17) is 10.1 Å². The Morgan fingerprint density at radius 1 is 1.05 bits per heavy atom. The molecule has 0 fully saturated rings. The van der Waals surface area contributed by atoms with Crippen LogP contribution in [-0.2, 0) is 11.4 Å². The molecule has 0 aromatic heterocycles. The summed E-state index contributed by atoms with van der Waals surface area (Å²) in [6.07, 6.45) is 2.58. The summed E-state index contributed by atoms with van der Waals surface area (Å²) < 4.78 is 26.2. The first-order valence-electron chi connectivity index (χ1n) is 5.72. The lowest BCUT2D eigenvalue weighted by Gasteiger charge is -2.01. The Labute approximate surface area is 114 Å². The fourth-order valence-corrected chi connectivity index (χ4v) is 1.47. The lowest BCUT2D eigenvalue weighted by atomic mass is 10.2. The maximum absolute atomic E-state index is 13.3. The fraction of sp³-hybridized carbons (Fsp3) is 0.0667. The summed E-state index contributed by atoms with van der Waals surface area (Å²) in [5.41, 5.74) is 1.22. The number of rotatable bonds is 4. The first-order valence-corrected chi connectivity index (χ1v) is 5.72. The van der Waals surface area contributed by atoms with Gasteiger partial charge in [0.25, 0.3) is 0 Å². The first-order chi connectivity index (χ1) is 9.70. The molecule has 0 spiro atoms. The van der Waals surface area contributed by atoms with Crippen LogP contribution in [0.2, 0.25) is 0 Å². The Bertz CT molecular complexity index is 661. The summed E-state index contributed by atoms with van der Waals surface area (Å²) in [5, 5.41) is 12.2. The summed E-state index contributed by atoms with van der Waals surface area (Å²) in [6, 6.07) is 12.4. The highest BCUT2D eigenvalue weighted by atomic mass is 19.2. The van der Waals surface area contributed by atoms with E-state index in [1.807, 2.05) is 6.07 Å². The average molecular weight is 271 g/mol. The van der Waals surface area contributed by atoms with Crippen LogP contribution in [0.3, 0.4) is 0 Å². The van der Waals surface area contributed by atoms with Gasteiger partial charge in [-0.3, -0.25) is 0 Å². The molecule has 99 valence electrons. The van der Waals surface area contributed by atoms with Crippen molar-refractivity contribution in [3.05, 3.63) is 70.8 Å². The standard InChI is InChI=1S/C15H9F2N2O/c16-14-3-1-2-13(15(14)17)10-20-19-9-12-6-4-11(8-18)5-7-12/h1-7H,10H2. The van der Waals surface area contributed by atoms with Crippen molar-refractivity contribution in [2.45, 2.75) is 6.61 Å². The van der Waals surface area contributed by atoms with Gasteiger partial charge in [-0.1, -0.05) is 29.4 Å². The topological polar surface area (TPSA) is 45.4 Å². The van der Waals surface area contributed by atoms with Crippen molar-refractivity contribution in [3.63, 3.8) is 0 Å². The van der Waals surface area contributed by atoms with Crippen LogP contribution >= 0.6 is 0 Å². The van der Waals surface area contributed by atoms with E-state index in [0.717, 1.165) is 6.07 Å². The zero-order chi connectivity index (χ0) is 14.4. The predicted molar refractivity (Wildman–Crippen MR) is 68.8 cm³/mol. The van der Waals surface area contributed by atoms with Crippen molar-refractivity contribution in [3.8, 4) is 6.07 Å². The van der Waals surface area contributed by atoms with Gasteiger partial charge in [-0.2, -0.15) is 5.26 Å². The minimum Gasteiger partial charge on any atom is -0.390 e. The molecule has 0 saturated carbocycles. The molecule has 0 unspecified atom stereocenters. The van der Waals surface area contributed by atoms with Gasteiger partial charge in [0.15, 0.2) is 11.6 Å². The minimum absolute atomic E-state index is 0.0791. The summed E-state index contributed by atoms with van der Waals surface area (Å²) in [7, 11) is 0. The van der Waals surface area contributed by atoms with E-state index in [-0.39, 0.29) is 12.2 Å². The number of hydrogen-bond donors (Lipinski definition) is 0. The van der Waals surface area contributed by atoms with Crippen LogP contribution in [0.4, 0.5) is 8.78 Å². The molecule has 0 aliphatic carbocycles. The van der Waals surface area contributed by atoms with Crippen molar-refractivity contribution in [1.82, 2.24) is 0 Å². The Morgan fingerprint density at radius 3 is 2.45 bits per heavy atom. The summed E-state index contributed by atoms with van der Waals surface area (Å²) in [4.78, 5) is 4.86. The second-order valence-corrected chi connectivity index (χ2v) is 3.88. The Morgan fingerprint density at radius 2 is 1.75 bits per heavy atom. The van der Waals surface area contributed by atoms with E-state index in [0.29, 0.717) is 11.1 Å². The van der Waals surface area contributed by atoms with E-state index >= 15 is 0 Å². The van der Waals surface area contributed by atoms with Crippen LogP contribution in [0, 0.1) is 23.0 Å². The molecular weight excluding hydrogens is 262 g/mol. The molecule has 3 nitrogen and oxygen atoms in total. The Hall–Kier alpha value is -2.74. The Kier molecular flexibility index (Phi) is 4.40. The van der Waals surface area contributed by atoms with Gasteiger partial charge in [-0.05, 0) is 18.2 Å². The number of hydrogen-bond acceptors (Lipinski definition) is 3. The lowest BCUT2D eigenvalue weighted by molar-refractivity contribution is 0.129. The van der Waals surface area contributed by atoms with Crippen LogP contribution in [0.25, 0.3) is 0 Å². The van der Waals surface area contributed by atoms with E-state index in [9.17, 15) is 8.78 Å². The second kappa shape index (κ2) is 6.43. The summed E-state index contributed by atoms with van der Waals surface area (Å²) in [6.45, 7) is -0.188. The molecule has 5 heteroatoms. The molecule has 1 radical (unpaired) electrons. The van der Waals surface area contributed by atoms with Crippen molar-refractivity contribution >= 4 is 6.21 Å². The quantitative estimate of drug-likeness (QED) is 0.633. The molecule has 2 aromatic carbocycles. The number of halogens is 2. The smallest absolute Gasteiger partial charge is 0.165 e. The van der Waals surface area contributed by atoms with Gasteiger partial charge >= 0.3 is 0 Å². The highest BCUT2D eigenvalue weighted by molar-refractivity contribution is 5.79. The minimum atomic E-state index is -0.943. The van der Waals surface area contributed by atoms with Crippen LogP contribution in [0.1, 0.15) is 16.7 Å². The third kappa shape index (κ3) is 3.39. The molecule has 0 aliphatic heterocycles. The van der Waals surface area contributed by atoms with Crippen molar-refractivity contribution in [2.24, 2.45) is 5.16 Å². The van der Waals surface area contributed by atoms with Gasteiger partial charge in [0.05, 0.1) is 11.6 Å².